The van der Waals surface area contributed by atoms with Gasteiger partial charge in [-0.15, -0.1) is 0 Å². The van der Waals surface area contributed by atoms with E-state index < -0.39 is 6.10 Å². The molecule has 2 N–H and O–H groups in total. The van der Waals surface area contributed by atoms with E-state index in [0.29, 0.717) is 12.8 Å². The summed E-state index contributed by atoms with van der Waals surface area (Å²) in [5.74, 6) is 0.699. The van der Waals surface area contributed by atoms with Crippen LogP contribution in [0, 0.1) is 13.8 Å². The monoisotopic (exact) mass is 347 g/mol. The molecule has 0 aromatic heterocycles. The molecule has 0 unspecified atom stereocenters. The van der Waals surface area contributed by atoms with Crippen LogP contribution in [0.1, 0.15) is 55.4 Å². The molecule has 1 fully saturated rings. The minimum absolute atomic E-state index is 0.108. The van der Waals surface area contributed by atoms with Crippen molar-refractivity contribution >= 4 is 11.7 Å². The molecule has 3 rings (SSSR count). The molecule has 0 amide bonds. The number of rotatable bonds is 4. The number of ether oxygens (including phenoxy) is 2. The first-order valence-electron chi connectivity index (χ1n) is 9.11. The van der Waals surface area contributed by atoms with Crippen molar-refractivity contribution in [3.05, 3.63) is 22.3 Å². The van der Waals surface area contributed by atoms with Crippen LogP contribution in [0.2, 0.25) is 0 Å². The van der Waals surface area contributed by atoms with Gasteiger partial charge in [-0.1, -0.05) is 0 Å². The molecule has 0 radical (unpaired) electrons. The Morgan fingerprint density at radius 1 is 1.28 bits per heavy atom. The zero-order chi connectivity index (χ0) is 18.4. The molecular weight excluding hydrogens is 318 g/mol. The number of benzene rings is 1. The lowest BCUT2D eigenvalue weighted by atomic mass is 9.89. The average Bonchev–Trinajstić information content (AvgIpc) is 2.82. The fourth-order valence-corrected chi connectivity index (χ4v) is 4.20. The number of carbonyl (C=O) groups excluding carboxylic acids is 1. The average molecular weight is 347 g/mol. The van der Waals surface area contributed by atoms with Gasteiger partial charge in [-0.2, -0.15) is 0 Å². The maximum absolute atomic E-state index is 11.6. The van der Waals surface area contributed by atoms with Crippen molar-refractivity contribution in [2.75, 3.05) is 12.4 Å². The first kappa shape index (κ1) is 18.1. The van der Waals surface area contributed by atoms with E-state index in [4.69, 9.17) is 9.47 Å². The molecule has 138 valence electrons. The molecule has 2 aliphatic rings. The highest BCUT2D eigenvalue weighted by atomic mass is 16.5. The van der Waals surface area contributed by atoms with E-state index in [-0.39, 0.29) is 24.1 Å². The van der Waals surface area contributed by atoms with Crippen LogP contribution < -0.4 is 10.1 Å². The lowest BCUT2D eigenvalue weighted by molar-refractivity contribution is -0.160. The largest absolute Gasteiger partial charge is 0.487 e. The molecule has 1 saturated heterocycles. The SMILES string of the molecule is CNc1c(C)c(CC[C@H]2C[C@H](O)CC(=O)O2)c2c(c1C)CC(C)(C)O2. The third-order valence-corrected chi connectivity index (χ3v) is 5.39. The Morgan fingerprint density at radius 3 is 2.64 bits per heavy atom. The van der Waals surface area contributed by atoms with Gasteiger partial charge in [0.1, 0.15) is 17.5 Å². The fourth-order valence-electron chi connectivity index (χ4n) is 4.20. The number of anilines is 1. The summed E-state index contributed by atoms with van der Waals surface area (Å²) in [6.07, 6.45) is 2.18. The molecule has 0 spiro atoms. The highest BCUT2D eigenvalue weighted by Gasteiger charge is 2.35. The summed E-state index contributed by atoms with van der Waals surface area (Å²) in [7, 11) is 1.95. The number of carbonyl (C=O) groups is 1. The number of nitrogens with one attached hydrogen (secondary N) is 1. The van der Waals surface area contributed by atoms with Gasteiger partial charge in [0.05, 0.1) is 12.5 Å². The maximum Gasteiger partial charge on any atom is 0.308 e. The van der Waals surface area contributed by atoms with Gasteiger partial charge in [0.15, 0.2) is 0 Å². The van der Waals surface area contributed by atoms with Gasteiger partial charge < -0.3 is 19.9 Å². The summed E-state index contributed by atoms with van der Waals surface area (Å²) in [5, 5.41) is 13.1. The van der Waals surface area contributed by atoms with Gasteiger partial charge in [0.25, 0.3) is 0 Å². The van der Waals surface area contributed by atoms with Crippen molar-refractivity contribution in [3.63, 3.8) is 0 Å². The Kier molecular flexibility index (Phi) is 4.71. The predicted octanol–water partition coefficient (Wildman–Crippen LogP) is 3.06. The molecule has 1 aromatic carbocycles. The zero-order valence-corrected chi connectivity index (χ0v) is 15.9. The van der Waals surface area contributed by atoms with Gasteiger partial charge in [-0.25, -0.2) is 0 Å². The molecule has 0 aliphatic carbocycles. The summed E-state index contributed by atoms with van der Waals surface area (Å²) in [5.41, 5.74) is 5.87. The van der Waals surface area contributed by atoms with Gasteiger partial charge in [-0.05, 0) is 57.2 Å². The molecule has 2 heterocycles. The molecule has 0 saturated carbocycles. The van der Waals surface area contributed by atoms with E-state index in [2.05, 4.69) is 33.0 Å². The second-order valence-electron chi connectivity index (χ2n) is 7.94. The Balaban J connectivity index is 1.89. The quantitative estimate of drug-likeness (QED) is 0.820. The molecule has 0 bridgehead atoms. The van der Waals surface area contributed by atoms with Crippen LogP contribution in [0.3, 0.4) is 0 Å². The highest BCUT2D eigenvalue weighted by Crippen LogP contribution is 2.45. The molecular formula is C20H29NO4. The summed E-state index contributed by atoms with van der Waals surface area (Å²) in [6.45, 7) is 8.49. The number of cyclic esters (lactones) is 1. The van der Waals surface area contributed by atoms with E-state index in [9.17, 15) is 9.90 Å². The lowest BCUT2D eigenvalue weighted by Gasteiger charge is -2.27. The van der Waals surface area contributed by atoms with Gasteiger partial charge in [-0.3, -0.25) is 4.79 Å². The number of aliphatic hydroxyl groups is 1. The standard InChI is InChI=1S/C20H29NO4/c1-11-15(7-6-14-8-13(22)9-17(23)24-14)19-16(10-20(3,4)25-19)12(2)18(11)21-5/h13-14,21-22H,6-10H2,1-5H3/t13-,14-/m0/s1. The Morgan fingerprint density at radius 2 is 2.00 bits per heavy atom. The molecule has 2 atom stereocenters. The summed E-state index contributed by atoms with van der Waals surface area (Å²) in [4.78, 5) is 11.6. The molecule has 1 aromatic rings. The van der Waals surface area contributed by atoms with Gasteiger partial charge in [0, 0.05) is 31.1 Å². The van der Waals surface area contributed by atoms with Crippen molar-refractivity contribution < 1.29 is 19.4 Å². The third-order valence-electron chi connectivity index (χ3n) is 5.39. The van der Waals surface area contributed by atoms with E-state index in [1.54, 1.807) is 0 Å². The van der Waals surface area contributed by atoms with Crippen LogP contribution in [-0.4, -0.2) is 35.9 Å². The third kappa shape index (κ3) is 3.47. The Labute approximate surface area is 149 Å². The fraction of sp³-hybridized carbons (Fsp3) is 0.650. The second-order valence-corrected chi connectivity index (χ2v) is 7.94. The number of hydrogen-bond acceptors (Lipinski definition) is 5. The Bertz CT molecular complexity index is 696. The minimum atomic E-state index is -0.584. The van der Waals surface area contributed by atoms with Crippen molar-refractivity contribution in [2.24, 2.45) is 0 Å². The Hall–Kier alpha value is -1.75. The molecule has 25 heavy (non-hydrogen) atoms. The van der Waals surface area contributed by atoms with E-state index >= 15 is 0 Å². The van der Waals surface area contributed by atoms with Crippen molar-refractivity contribution in [3.8, 4) is 5.75 Å². The first-order valence-corrected chi connectivity index (χ1v) is 9.11. The van der Waals surface area contributed by atoms with Crippen molar-refractivity contribution in [2.45, 2.75) is 77.6 Å². The van der Waals surface area contributed by atoms with E-state index in [0.717, 1.165) is 24.3 Å². The van der Waals surface area contributed by atoms with Crippen LogP contribution in [-0.2, 0) is 22.4 Å². The van der Waals surface area contributed by atoms with Crippen LogP contribution in [0.5, 0.6) is 5.75 Å². The van der Waals surface area contributed by atoms with E-state index in [1.165, 1.54) is 22.3 Å². The lowest BCUT2D eigenvalue weighted by Crippen LogP contribution is -2.32. The number of aliphatic hydroxyl groups excluding tert-OH is 1. The molecule has 2 aliphatic heterocycles. The van der Waals surface area contributed by atoms with Crippen molar-refractivity contribution in [1.82, 2.24) is 0 Å². The van der Waals surface area contributed by atoms with Crippen LogP contribution in [0.15, 0.2) is 0 Å². The van der Waals surface area contributed by atoms with Gasteiger partial charge >= 0.3 is 5.97 Å². The molecule has 5 nitrogen and oxygen atoms in total. The van der Waals surface area contributed by atoms with Gasteiger partial charge in [0.2, 0.25) is 0 Å². The van der Waals surface area contributed by atoms with Crippen LogP contribution >= 0.6 is 0 Å². The second kappa shape index (κ2) is 6.52. The highest BCUT2D eigenvalue weighted by molar-refractivity contribution is 5.71. The van der Waals surface area contributed by atoms with Crippen molar-refractivity contribution in [1.29, 1.82) is 0 Å². The number of esters is 1. The maximum atomic E-state index is 11.6. The minimum Gasteiger partial charge on any atom is -0.487 e. The normalized spacial score (nSPS) is 24.5. The zero-order valence-electron chi connectivity index (χ0n) is 15.9. The summed E-state index contributed by atoms with van der Waals surface area (Å²) in [6, 6.07) is 0. The molecule has 5 heteroatoms. The van der Waals surface area contributed by atoms with Crippen LogP contribution in [0.25, 0.3) is 0 Å². The summed E-state index contributed by atoms with van der Waals surface area (Å²) < 4.78 is 11.7. The summed E-state index contributed by atoms with van der Waals surface area (Å²) >= 11 is 0. The van der Waals surface area contributed by atoms with E-state index in [1.807, 2.05) is 7.05 Å². The van der Waals surface area contributed by atoms with Crippen LogP contribution in [0.4, 0.5) is 5.69 Å². The number of hydrogen-bond donors (Lipinski definition) is 2. The first-order chi connectivity index (χ1) is 11.7. The number of fused-ring (bicyclic) bond motifs is 1. The topological polar surface area (TPSA) is 67.8 Å². The smallest absolute Gasteiger partial charge is 0.308 e. The predicted molar refractivity (Wildman–Crippen MR) is 97.3 cm³/mol.